The van der Waals surface area contributed by atoms with E-state index in [0.29, 0.717) is 5.02 Å². The lowest BCUT2D eigenvalue weighted by molar-refractivity contribution is 0.964. The molecular formula is C13H12ClN3. The van der Waals surface area contributed by atoms with Crippen LogP contribution in [0, 0.1) is 6.92 Å². The fourth-order valence-corrected chi connectivity index (χ4v) is 2.42. The molecule has 0 aliphatic carbocycles. The van der Waals surface area contributed by atoms with E-state index in [0.717, 1.165) is 18.8 Å². The van der Waals surface area contributed by atoms with E-state index in [2.05, 4.69) is 40.0 Å². The Morgan fingerprint density at radius 1 is 1.35 bits per heavy atom. The quantitative estimate of drug-likeness (QED) is 0.773. The van der Waals surface area contributed by atoms with Crippen LogP contribution >= 0.6 is 11.6 Å². The van der Waals surface area contributed by atoms with Crippen LogP contribution in [0.5, 0.6) is 0 Å². The van der Waals surface area contributed by atoms with Gasteiger partial charge in [-0.1, -0.05) is 23.7 Å². The number of nitrogens with zero attached hydrogens (tertiary/aromatic N) is 3. The van der Waals surface area contributed by atoms with E-state index in [-0.39, 0.29) is 0 Å². The van der Waals surface area contributed by atoms with E-state index in [1.165, 1.54) is 23.1 Å². The molecular weight excluding hydrogens is 234 g/mol. The van der Waals surface area contributed by atoms with Crippen molar-refractivity contribution >= 4 is 23.1 Å². The highest BCUT2D eigenvalue weighted by Gasteiger charge is 2.22. The molecule has 0 unspecified atom stereocenters. The molecule has 0 fully saturated rings. The number of fused-ring (bicyclic) bond motifs is 1. The second-order valence-electron chi connectivity index (χ2n) is 4.23. The third kappa shape index (κ3) is 1.76. The van der Waals surface area contributed by atoms with E-state index in [1.54, 1.807) is 6.20 Å². The van der Waals surface area contributed by atoms with Gasteiger partial charge < -0.3 is 4.90 Å². The number of halogens is 1. The third-order valence-corrected chi connectivity index (χ3v) is 3.31. The molecule has 0 spiro atoms. The van der Waals surface area contributed by atoms with Gasteiger partial charge in [0, 0.05) is 12.2 Å². The minimum Gasteiger partial charge on any atom is -0.324 e. The lowest BCUT2D eigenvalue weighted by Crippen LogP contribution is -2.15. The number of aromatic nitrogens is 2. The topological polar surface area (TPSA) is 29.0 Å². The second-order valence-corrected chi connectivity index (χ2v) is 4.64. The molecule has 4 heteroatoms. The van der Waals surface area contributed by atoms with Crippen LogP contribution in [0.15, 0.2) is 30.7 Å². The predicted octanol–water partition coefficient (Wildman–Crippen LogP) is 3.13. The van der Waals surface area contributed by atoms with Crippen molar-refractivity contribution in [1.29, 1.82) is 0 Å². The van der Waals surface area contributed by atoms with Gasteiger partial charge in [-0.3, -0.25) is 0 Å². The van der Waals surface area contributed by atoms with Gasteiger partial charge in [0.2, 0.25) is 0 Å². The maximum atomic E-state index is 6.14. The molecule has 3 nitrogen and oxygen atoms in total. The van der Waals surface area contributed by atoms with Gasteiger partial charge in [-0.25, -0.2) is 9.97 Å². The standard InChI is InChI=1S/C13H12ClN3/c1-9-2-3-10-4-5-17(12(10)6-9)13-11(14)7-15-8-16-13/h2-3,6-8H,4-5H2,1H3. The molecule has 1 aromatic carbocycles. The van der Waals surface area contributed by atoms with E-state index < -0.39 is 0 Å². The van der Waals surface area contributed by atoms with Crippen LogP contribution in [0.3, 0.4) is 0 Å². The summed E-state index contributed by atoms with van der Waals surface area (Å²) in [6.07, 6.45) is 4.21. The predicted molar refractivity (Wildman–Crippen MR) is 68.9 cm³/mol. The molecule has 1 aliphatic rings. The van der Waals surface area contributed by atoms with E-state index in [1.807, 2.05) is 0 Å². The highest BCUT2D eigenvalue weighted by Crippen LogP contribution is 2.36. The second kappa shape index (κ2) is 4.00. The monoisotopic (exact) mass is 245 g/mol. The number of hydrogen-bond donors (Lipinski definition) is 0. The van der Waals surface area contributed by atoms with Crippen LogP contribution in [-0.2, 0) is 6.42 Å². The average molecular weight is 246 g/mol. The van der Waals surface area contributed by atoms with Crippen molar-refractivity contribution in [2.24, 2.45) is 0 Å². The maximum absolute atomic E-state index is 6.14. The number of aryl methyl sites for hydroxylation is 1. The van der Waals surface area contributed by atoms with Crippen LogP contribution in [0.2, 0.25) is 5.02 Å². The molecule has 0 bridgehead atoms. The molecule has 0 radical (unpaired) electrons. The largest absolute Gasteiger partial charge is 0.324 e. The van der Waals surface area contributed by atoms with Crippen molar-refractivity contribution in [2.45, 2.75) is 13.3 Å². The van der Waals surface area contributed by atoms with Crippen molar-refractivity contribution in [2.75, 3.05) is 11.4 Å². The summed E-state index contributed by atoms with van der Waals surface area (Å²) in [6, 6.07) is 6.50. The lowest BCUT2D eigenvalue weighted by Gasteiger charge is -2.19. The summed E-state index contributed by atoms with van der Waals surface area (Å²) in [6.45, 7) is 3.02. The lowest BCUT2D eigenvalue weighted by atomic mass is 10.1. The van der Waals surface area contributed by atoms with Gasteiger partial charge in [0.25, 0.3) is 0 Å². The van der Waals surface area contributed by atoms with Gasteiger partial charge >= 0.3 is 0 Å². The van der Waals surface area contributed by atoms with Gasteiger partial charge in [-0.05, 0) is 30.5 Å². The molecule has 0 N–H and O–H groups in total. The molecule has 0 amide bonds. The van der Waals surface area contributed by atoms with Gasteiger partial charge in [-0.2, -0.15) is 0 Å². The Kier molecular flexibility index (Phi) is 2.48. The third-order valence-electron chi connectivity index (χ3n) is 3.04. The van der Waals surface area contributed by atoms with Gasteiger partial charge in [0.1, 0.15) is 11.3 Å². The Morgan fingerprint density at radius 3 is 3.06 bits per heavy atom. The summed E-state index contributed by atoms with van der Waals surface area (Å²) in [7, 11) is 0. The van der Waals surface area contributed by atoms with Crippen molar-refractivity contribution in [1.82, 2.24) is 9.97 Å². The minimum atomic E-state index is 0.599. The Morgan fingerprint density at radius 2 is 2.24 bits per heavy atom. The Labute approximate surface area is 105 Å². The molecule has 17 heavy (non-hydrogen) atoms. The van der Waals surface area contributed by atoms with Crippen LogP contribution in [-0.4, -0.2) is 16.5 Å². The number of anilines is 2. The molecule has 1 aromatic heterocycles. The van der Waals surface area contributed by atoms with Crippen LogP contribution in [0.1, 0.15) is 11.1 Å². The zero-order valence-corrected chi connectivity index (χ0v) is 10.3. The molecule has 86 valence electrons. The first-order valence-electron chi connectivity index (χ1n) is 5.58. The minimum absolute atomic E-state index is 0.599. The van der Waals surface area contributed by atoms with Gasteiger partial charge in [-0.15, -0.1) is 0 Å². The number of rotatable bonds is 1. The fourth-order valence-electron chi connectivity index (χ4n) is 2.21. The summed E-state index contributed by atoms with van der Waals surface area (Å²) in [5.41, 5.74) is 3.82. The van der Waals surface area contributed by atoms with E-state index >= 15 is 0 Å². The molecule has 2 aromatic rings. The van der Waals surface area contributed by atoms with E-state index in [9.17, 15) is 0 Å². The van der Waals surface area contributed by atoms with Crippen molar-refractivity contribution in [3.8, 4) is 0 Å². The first kappa shape index (κ1) is 10.5. The van der Waals surface area contributed by atoms with Gasteiger partial charge in [0.15, 0.2) is 5.82 Å². The van der Waals surface area contributed by atoms with Gasteiger partial charge in [0.05, 0.1) is 6.20 Å². The van der Waals surface area contributed by atoms with Crippen molar-refractivity contribution < 1.29 is 0 Å². The summed E-state index contributed by atoms with van der Waals surface area (Å²) in [4.78, 5) is 10.4. The summed E-state index contributed by atoms with van der Waals surface area (Å²) in [5, 5.41) is 0.599. The highest BCUT2D eigenvalue weighted by atomic mass is 35.5. The SMILES string of the molecule is Cc1ccc2c(c1)N(c1ncncc1Cl)CC2. The van der Waals surface area contributed by atoms with Crippen LogP contribution < -0.4 is 4.90 Å². The smallest absolute Gasteiger partial charge is 0.155 e. The summed E-state index contributed by atoms with van der Waals surface area (Å²) in [5.74, 6) is 0.797. The number of hydrogen-bond acceptors (Lipinski definition) is 3. The van der Waals surface area contributed by atoms with Crippen molar-refractivity contribution in [3.05, 3.63) is 46.9 Å². The molecule has 1 aliphatic heterocycles. The maximum Gasteiger partial charge on any atom is 0.155 e. The zero-order chi connectivity index (χ0) is 11.8. The van der Waals surface area contributed by atoms with Crippen LogP contribution in [0.4, 0.5) is 11.5 Å². The Hall–Kier alpha value is -1.61. The first-order valence-corrected chi connectivity index (χ1v) is 5.96. The molecule has 0 atom stereocenters. The normalized spacial score (nSPS) is 13.9. The summed E-state index contributed by atoms with van der Waals surface area (Å²) >= 11 is 6.14. The highest BCUT2D eigenvalue weighted by molar-refractivity contribution is 6.33. The van der Waals surface area contributed by atoms with E-state index in [4.69, 9.17) is 11.6 Å². The van der Waals surface area contributed by atoms with Crippen molar-refractivity contribution in [3.63, 3.8) is 0 Å². The number of benzene rings is 1. The first-order chi connectivity index (χ1) is 8.25. The average Bonchev–Trinajstić information content (AvgIpc) is 2.72. The summed E-state index contributed by atoms with van der Waals surface area (Å²) < 4.78 is 0. The Balaban J connectivity index is 2.10. The van der Waals surface area contributed by atoms with Crippen LogP contribution in [0.25, 0.3) is 0 Å². The molecule has 0 saturated carbocycles. The molecule has 2 heterocycles. The fraction of sp³-hybridized carbons (Fsp3) is 0.231. The Bertz CT molecular complexity index is 568. The molecule has 3 rings (SSSR count). The zero-order valence-electron chi connectivity index (χ0n) is 9.52. The molecule has 0 saturated heterocycles.